The van der Waals surface area contributed by atoms with Crippen LogP contribution in [0.1, 0.15) is 5.56 Å². The lowest BCUT2D eigenvalue weighted by molar-refractivity contribution is -0.463. The van der Waals surface area contributed by atoms with Crippen LogP contribution in [0.2, 0.25) is 0 Å². The molecule has 16 heavy (non-hydrogen) atoms. The quantitative estimate of drug-likeness (QED) is 0.210. The number of phenolic OH excluding ortho intramolecular Hbond substituents is 1. The van der Waals surface area contributed by atoms with Gasteiger partial charge in [0, 0.05) is 11.6 Å². The number of hydrogen-bond donors (Lipinski definition) is 3. The second kappa shape index (κ2) is 4.87. The maximum absolute atomic E-state index is 10.9. The average Bonchev–Trinajstić information content (AvgIpc) is 2.26. The molecule has 1 aromatic rings. The Kier molecular flexibility index (Phi) is 3.54. The first-order valence-corrected chi connectivity index (χ1v) is 4.30. The molecule has 0 aliphatic heterocycles. The van der Waals surface area contributed by atoms with Gasteiger partial charge >= 0.3 is 5.96 Å². The highest BCUT2D eigenvalue weighted by molar-refractivity contribution is 5.83. The fourth-order valence-corrected chi connectivity index (χ4v) is 0.941. The highest BCUT2D eigenvalue weighted by atomic mass is 16.5. The number of guanidine groups is 1. The number of phenols is 1. The third-order valence-corrected chi connectivity index (χ3v) is 1.76. The molecule has 0 aliphatic carbocycles. The number of ether oxygens (including phenoxy) is 1. The molecule has 0 bridgehead atoms. The molecule has 1 rings (SSSR count). The molecule has 0 aromatic heterocycles. The third kappa shape index (κ3) is 2.77. The van der Waals surface area contributed by atoms with Crippen molar-refractivity contribution < 1.29 is 14.7 Å². The molecular weight excluding hydrogens is 212 g/mol. The highest BCUT2D eigenvalue weighted by Crippen LogP contribution is 2.21. The van der Waals surface area contributed by atoms with E-state index >= 15 is 0 Å². The summed E-state index contributed by atoms with van der Waals surface area (Å²) in [6, 6.07) is 4.55. The summed E-state index contributed by atoms with van der Waals surface area (Å²) in [6.07, 6.45) is 1.14. The summed E-state index contributed by atoms with van der Waals surface area (Å²) in [5.74, 6) is -0.0464. The number of aromatic hydroxyl groups is 1. The standard InChI is InChI=1S/C9H12N4O3/c1-16-7-3-2-6(8(14)4-7)5-12-13(15)9(10)11/h2-5,14H,10-11H2,1H3/b12-5+. The van der Waals surface area contributed by atoms with Crippen LogP contribution in [0.15, 0.2) is 23.3 Å². The van der Waals surface area contributed by atoms with Crippen LogP contribution in [0.3, 0.4) is 0 Å². The average molecular weight is 224 g/mol. The summed E-state index contributed by atoms with van der Waals surface area (Å²) in [7, 11) is 1.48. The molecule has 7 nitrogen and oxygen atoms in total. The molecule has 1 aromatic carbocycles. The monoisotopic (exact) mass is 224 g/mol. The van der Waals surface area contributed by atoms with E-state index in [9.17, 15) is 10.3 Å². The first-order valence-electron chi connectivity index (χ1n) is 4.30. The first-order chi connectivity index (χ1) is 7.54. The van der Waals surface area contributed by atoms with Crippen molar-refractivity contribution >= 4 is 12.2 Å². The molecule has 0 heterocycles. The van der Waals surface area contributed by atoms with E-state index in [4.69, 9.17) is 16.2 Å². The van der Waals surface area contributed by atoms with Crippen molar-refractivity contribution in [1.82, 2.24) is 0 Å². The molecular formula is C9H12N4O3. The predicted molar refractivity (Wildman–Crippen MR) is 59.3 cm³/mol. The summed E-state index contributed by atoms with van der Waals surface area (Å²) in [4.78, 5) is 0.0453. The lowest BCUT2D eigenvalue weighted by Gasteiger charge is -2.04. The first kappa shape index (κ1) is 11.6. The molecule has 5 N–H and O–H groups in total. The fourth-order valence-electron chi connectivity index (χ4n) is 0.941. The zero-order chi connectivity index (χ0) is 12.1. The molecule has 0 atom stereocenters. The molecule has 0 spiro atoms. The van der Waals surface area contributed by atoms with Gasteiger partial charge in [0.2, 0.25) is 0 Å². The number of hydrogen-bond acceptors (Lipinski definition) is 4. The second-order valence-corrected chi connectivity index (χ2v) is 2.87. The molecule has 86 valence electrons. The Morgan fingerprint density at radius 3 is 2.75 bits per heavy atom. The number of nitrogens with two attached hydrogens (primary N) is 2. The largest absolute Gasteiger partial charge is 0.722 e. The van der Waals surface area contributed by atoms with Crippen LogP contribution in [-0.2, 0) is 0 Å². The van der Waals surface area contributed by atoms with Gasteiger partial charge in [0.05, 0.1) is 13.3 Å². The molecule has 7 heteroatoms. The lowest BCUT2D eigenvalue weighted by atomic mass is 10.2. The zero-order valence-electron chi connectivity index (χ0n) is 8.62. The minimum atomic E-state index is -0.482. The van der Waals surface area contributed by atoms with Gasteiger partial charge in [-0.3, -0.25) is 11.5 Å². The number of methoxy groups -OCH3 is 1. The minimum absolute atomic E-state index is 0.0453. The van der Waals surface area contributed by atoms with Crippen LogP contribution >= 0.6 is 0 Å². The number of benzene rings is 1. The van der Waals surface area contributed by atoms with Crippen LogP contribution in [0.5, 0.6) is 11.5 Å². The number of nitrogens with zero attached hydrogens (tertiary/aromatic N) is 2. The van der Waals surface area contributed by atoms with Crippen molar-refractivity contribution in [2.75, 3.05) is 7.11 Å². The van der Waals surface area contributed by atoms with E-state index in [0.717, 1.165) is 6.21 Å². The van der Waals surface area contributed by atoms with Crippen molar-refractivity contribution in [3.05, 3.63) is 29.0 Å². The Morgan fingerprint density at radius 1 is 1.56 bits per heavy atom. The van der Waals surface area contributed by atoms with Crippen LogP contribution in [0, 0.1) is 5.21 Å². The summed E-state index contributed by atoms with van der Waals surface area (Å²) in [5, 5.41) is 23.8. The van der Waals surface area contributed by atoms with Gasteiger partial charge in [-0.25, -0.2) is 0 Å². The zero-order valence-corrected chi connectivity index (χ0v) is 8.62. The van der Waals surface area contributed by atoms with Gasteiger partial charge in [-0.15, -0.1) is 9.95 Å². The smallest absolute Gasteiger partial charge is 0.366 e. The van der Waals surface area contributed by atoms with E-state index in [-0.39, 0.29) is 10.6 Å². The summed E-state index contributed by atoms with van der Waals surface area (Å²) < 4.78 is 4.89. The van der Waals surface area contributed by atoms with Gasteiger partial charge in [0.25, 0.3) is 0 Å². The van der Waals surface area contributed by atoms with Gasteiger partial charge in [0.1, 0.15) is 11.5 Å². The van der Waals surface area contributed by atoms with Crippen molar-refractivity contribution in [3.8, 4) is 11.5 Å². The topological polar surface area (TPSA) is 120 Å². The summed E-state index contributed by atoms with van der Waals surface area (Å²) >= 11 is 0. The third-order valence-electron chi connectivity index (χ3n) is 1.76. The van der Waals surface area contributed by atoms with E-state index in [0.29, 0.717) is 11.3 Å². The van der Waals surface area contributed by atoms with E-state index in [1.807, 2.05) is 0 Å². The van der Waals surface area contributed by atoms with Crippen LogP contribution < -0.4 is 16.2 Å². The van der Waals surface area contributed by atoms with Crippen LogP contribution in [0.4, 0.5) is 0 Å². The molecule has 0 radical (unpaired) electrons. The molecule has 0 saturated heterocycles. The Morgan fingerprint density at radius 2 is 2.25 bits per heavy atom. The van der Waals surface area contributed by atoms with Crippen LogP contribution in [-0.4, -0.2) is 29.2 Å². The summed E-state index contributed by atoms with van der Waals surface area (Å²) in [6.45, 7) is 0. The predicted octanol–water partition coefficient (Wildman–Crippen LogP) is -0.482. The fraction of sp³-hybridized carbons (Fsp3) is 0.111. The van der Waals surface area contributed by atoms with E-state index < -0.39 is 5.96 Å². The maximum Gasteiger partial charge on any atom is 0.366 e. The molecule has 0 amide bonds. The maximum atomic E-state index is 10.9. The Balaban J connectivity index is 2.95. The van der Waals surface area contributed by atoms with Crippen molar-refractivity contribution in [3.63, 3.8) is 0 Å². The van der Waals surface area contributed by atoms with Gasteiger partial charge in [-0.1, -0.05) is 0 Å². The van der Waals surface area contributed by atoms with Gasteiger partial charge in [0.15, 0.2) is 0 Å². The van der Waals surface area contributed by atoms with E-state index in [1.165, 1.54) is 19.2 Å². The van der Waals surface area contributed by atoms with Gasteiger partial charge in [-0.2, -0.15) is 0 Å². The SMILES string of the molecule is COc1ccc(/C=N/[N+]([O-])=C(N)N)c(O)c1. The van der Waals surface area contributed by atoms with Gasteiger partial charge in [-0.05, 0) is 12.1 Å². The Bertz CT molecular complexity index is 438. The molecule has 0 saturated carbocycles. The van der Waals surface area contributed by atoms with Crippen molar-refractivity contribution in [1.29, 1.82) is 0 Å². The van der Waals surface area contributed by atoms with E-state index in [2.05, 4.69) is 5.10 Å². The highest BCUT2D eigenvalue weighted by Gasteiger charge is 2.00. The molecule has 0 aliphatic rings. The number of rotatable bonds is 3. The Labute approximate surface area is 91.8 Å². The number of hydrazone groups is 1. The second-order valence-electron chi connectivity index (χ2n) is 2.87. The molecule has 0 fully saturated rings. The van der Waals surface area contributed by atoms with Crippen molar-refractivity contribution in [2.24, 2.45) is 16.6 Å². The summed E-state index contributed by atoms with van der Waals surface area (Å²) in [5.41, 5.74) is 10.3. The van der Waals surface area contributed by atoms with Gasteiger partial charge < -0.3 is 15.1 Å². The lowest BCUT2D eigenvalue weighted by Crippen LogP contribution is -2.30. The van der Waals surface area contributed by atoms with Crippen molar-refractivity contribution in [2.45, 2.75) is 0 Å². The van der Waals surface area contributed by atoms with Crippen LogP contribution in [0.25, 0.3) is 0 Å². The Hall–Kier alpha value is -2.44. The molecule has 0 unspecified atom stereocenters. The minimum Gasteiger partial charge on any atom is -0.722 e. The van der Waals surface area contributed by atoms with E-state index in [1.54, 1.807) is 6.07 Å². The normalized spacial score (nSPS) is 10.3.